The predicted molar refractivity (Wildman–Crippen MR) is 309 cm³/mol. The molecule has 74 heavy (non-hydrogen) atoms. The monoisotopic (exact) mass is 946 g/mol. The van der Waals surface area contributed by atoms with Crippen LogP contribution in [-0.4, -0.2) is 14.1 Å². The van der Waals surface area contributed by atoms with Crippen LogP contribution < -0.4 is 0 Å². The molecule has 0 saturated carbocycles. The SMILES string of the molecule is Cc1cccc(-c2ccc3c(c2)c2cc(-c4cccc(C)c4)ccc2n3-c2ccncc2-c2ccc(-n3c4ccc(-c5cccc(C)c5)cc4c4cc(-c5cccc(C)c5)ccc43)c(-c3ccccc3C#N)c2)c1. The van der Waals surface area contributed by atoms with E-state index in [0.717, 1.165) is 66.5 Å². The van der Waals surface area contributed by atoms with Crippen molar-refractivity contribution in [3.8, 4) is 84.2 Å². The van der Waals surface area contributed by atoms with Crippen LogP contribution in [0.3, 0.4) is 0 Å². The van der Waals surface area contributed by atoms with Crippen LogP contribution in [0.2, 0.25) is 0 Å². The largest absolute Gasteiger partial charge is 0.309 e. The zero-order chi connectivity index (χ0) is 50.0. The molecule has 4 heteroatoms. The van der Waals surface area contributed by atoms with E-state index in [1.807, 2.05) is 30.6 Å². The normalized spacial score (nSPS) is 11.5. The van der Waals surface area contributed by atoms with Crippen LogP contribution in [0.4, 0.5) is 0 Å². The summed E-state index contributed by atoms with van der Waals surface area (Å²) in [7, 11) is 0. The van der Waals surface area contributed by atoms with Gasteiger partial charge in [-0.3, -0.25) is 4.98 Å². The topological polar surface area (TPSA) is 46.5 Å². The maximum atomic E-state index is 10.8. The second-order valence-electron chi connectivity index (χ2n) is 19.9. The predicted octanol–water partition coefficient (Wildman–Crippen LogP) is 18.4. The molecule has 13 aromatic rings. The van der Waals surface area contributed by atoms with E-state index in [1.54, 1.807) is 0 Å². The van der Waals surface area contributed by atoms with Crippen LogP contribution in [0.25, 0.3) is 122 Å². The summed E-state index contributed by atoms with van der Waals surface area (Å²) in [6.07, 6.45) is 3.89. The summed E-state index contributed by atoms with van der Waals surface area (Å²) in [6, 6.07) is 81.8. The van der Waals surface area contributed by atoms with Crippen molar-refractivity contribution in [1.82, 2.24) is 14.1 Å². The van der Waals surface area contributed by atoms with E-state index in [-0.39, 0.29) is 0 Å². The highest BCUT2D eigenvalue weighted by atomic mass is 15.0. The average molecular weight is 947 g/mol. The first-order valence-corrected chi connectivity index (χ1v) is 25.3. The molecule has 0 aliphatic carbocycles. The van der Waals surface area contributed by atoms with E-state index < -0.39 is 0 Å². The Morgan fingerprint density at radius 1 is 0.324 bits per heavy atom. The molecule has 0 aliphatic heterocycles. The zero-order valence-electron chi connectivity index (χ0n) is 41.7. The molecule has 4 nitrogen and oxygen atoms in total. The molecule has 0 spiro atoms. The van der Waals surface area contributed by atoms with Gasteiger partial charge in [-0.1, -0.05) is 168 Å². The molecule has 0 amide bonds. The minimum atomic E-state index is 0.609. The summed E-state index contributed by atoms with van der Waals surface area (Å²) in [5.41, 5.74) is 25.1. The van der Waals surface area contributed by atoms with Gasteiger partial charge in [0.1, 0.15) is 0 Å². The third-order valence-corrected chi connectivity index (χ3v) is 14.9. The minimum absolute atomic E-state index is 0.609. The van der Waals surface area contributed by atoms with Gasteiger partial charge in [0.05, 0.1) is 45.1 Å². The van der Waals surface area contributed by atoms with Crippen LogP contribution in [-0.2, 0) is 0 Å². The molecule has 0 atom stereocenters. The highest BCUT2D eigenvalue weighted by molar-refractivity contribution is 6.14. The molecular formula is C70H50N4. The van der Waals surface area contributed by atoms with Gasteiger partial charge >= 0.3 is 0 Å². The maximum Gasteiger partial charge on any atom is 0.0998 e. The Morgan fingerprint density at radius 3 is 1.11 bits per heavy atom. The van der Waals surface area contributed by atoms with Crippen LogP contribution in [0.15, 0.2) is 231 Å². The molecule has 350 valence electrons. The van der Waals surface area contributed by atoms with Crippen molar-refractivity contribution in [3.05, 3.63) is 259 Å². The number of hydrogen-bond donors (Lipinski definition) is 0. The first-order valence-electron chi connectivity index (χ1n) is 25.3. The van der Waals surface area contributed by atoms with Gasteiger partial charge in [0.2, 0.25) is 0 Å². The van der Waals surface area contributed by atoms with Gasteiger partial charge in [-0.15, -0.1) is 0 Å². The van der Waals surface area contributed by atoms with E-state index >= 15 is 0 Å². The minimum Gasteiger partial charge on any atom is -0.309 e. The molecule has 0 bridgehead atoms. The van der Waals surface area contributed by atoms with Gasteiger partial charge in [0.25, 0.3) is 0 Å². The molecule has 0 fully saturated rings. The third kappa shape index (κ3) is 7.66. The Kier molecular flexibility index (Phi) is 10.8. The van der Waals surface area contributed by atoms with Crippen molar-refractivity contribution in [2.45, 2.75) is 27.7 Å². The van der Waals surface area contributed by atoms with Gasteiger partial charge in [0, 0.05) is 50.6 Å². The van der Waals surface area contributed by atoms with E-state index in [4.69, 9.17) is 4.98 Å². The summed E-state index contributed by atoms with van der Waals surface area (Å²) in [6.45, 7) is 8.59. The Labute approximate surface area is 431 Å². The molecule has 0 saturated heterocycles. The summed E-state index contributed by atoms with van der Waals surface area (Å²) in [5, 5.41) is 15.4. The van der Waals surface area contributed by atoms with E-state index in [9.17, 15) is 5.26 Å². The zero-order valence-corrected chi connectivity index (χ0v) is 41.7. The number of fused-ring (bicyclic) bond motifs is 6. The molecule has 10 aromatic carbocycles. The van der Waals surface area contributed by atoms with E-state index in [1.165, 1.54) is 77.5 Å². The number of nitrogens with zero attached hydrogens (tertiary/aromatic N) is 4. The quantitative estimate of drug-likeness (QED) is 0.152. The van der Waals surface area contributed by atoms with Gasteiger partial charge < -0.3 is 9.13 Å². The Hall–Kier alpha value is -9.56. The molecule has 0 aliphatic rings. The molecule has 0 N–H and O–H groups in total. The van der Waals surface area contributed by atoms with Crippen molar-refractivity contribution in [2.24, 2.45) is 0 Å². The fraction of sp³-hybridized carbons (Fsp3) is 0.0571. The van der Waals surface area contributed by atoms with Crippen LogP contribution in [0.1, 0.15) is 27.8 Å². The fourth-order valence-corrected chi connectivity index (χ4v) is 11.3. The summed E-state index contributed by atoms with van der Waals surface area (Å²) in [5.74, 6) is 0. The number of aryl methyl sites for hydroxylation is 4. The molecular weight excluding hydrogens is 897 g/mol. The number of nitriles is 1. The first-order chi connectivity index (χ1) is 36.3. The number of benzene rings is 10. The fourth-order valence-electron chi connectivity index (χ4n) is 11.3. The van der Waals surface area contributed by atoms with Crippen molar-refractivity contribution in [3.63, 3.8) is 0 Å². The first kappa shape index (κ1) is 44.4. The number of aromatic nitrogens is 3. The van der Waals surface area contributed by atoms with Crippen molar-refractivity contribution >= 4 is 43.6 Å². The lowest BCUT2D eigenvalue weighted by molar-refractivity contribution is 1.15. The van der Waals surface area contributed by atoms with Gasteiger partial charge in [0.15, 0.2) is 0 Å². The second-order valence-corrected chi connectivity index (χ2v) is 19.9. The molecule has 3 aromatic heterocycles. The lowest BCUT2D eigenvalue weighted by Crippen LogP contribution is -2.01. The summed E-state index contributed by atoms with van der Waals surface area (Å²) in [4.78, 5) is 4.81. The molecule has 3 heterocycles. The van der Waals surface area contributed by atoms with Crippen molar-refractivity contribution < 1.29 is 0 Å². The summed E-state index contributed by atoms with van der Waals surface area (Å²) < 4.78 is 4.80. The lowest BCUT2D eigenvalue weighted by atomic mass is 9.94. The van der Waals surface area contributed by atoms with Crippen LogP contribution in [0.5, 0.6) is 0 Å². The Morgan fingerprint density at radius 2 is 0.703 bits per heavy atom. The maximum absolute atomic E-state index is 10.8. The summed E-state index contributed by atoms with van der Waals surface area (Å²) >= 11 is 0. The van der Waals surface area contributed by atoms with Crippen molar-refractivity contribution in [2.75, 3.05) is 0 Å². The van der Waals surface area contributed by atoms with Gasteiger partial charge in [-0.05, 0) is 151 Å². The van der Waals surface area contributed by atoms with Gasteiger partial charge in [-0.2, -0.15) is 5.26 Å². The van der Waals surface area contributed by atoms with E-state index in [0.29, 0.717) is 5.56 Å². The van der Waals surface area contributed by atoms with Crippen LogP contribution >= 0.6 is 0 Å². The van der Waals surface area contributed by atoms with Gasteiger partial charge in [-0.25, -0.2) is 0 Å². The lowest BCUT2D eigenvalue weighted by Gasteiger charge is -2.19. The Balaban J connectivity index is 1.04. The van der Waals surface area contributed by atoms with Crippen molar-refractivity contribution in [1.29, 1.82) is 5.26 Å². The van der Waals surface area contributed by atoms with Crippen LogP contribution in [0, 0.1) is 39.0 Å². The van der Waals surface area contributed by atoms with E-state index in [2.05, 4.69) is 243 Å². The highest BCUT2D eigenvalue weighted by Crippen LogP contribution is 2.44. The number of hydrogen-bond acceptors (Lipinski definition) is 2. The Bertz CT molecular complexity index is 4240. The standard InChI is InChI=1S/C70H50N4/c1-44-11-7-16-48(33-44)52-21-26-66-60(37-52)61-38-53(49-17-8-12-45(2)34-49)22-27-67(61)73(66)65-30-25-56(41-59(65)58-20-6-5-15-57(58)42-71)64-43-72-32-31-70(64)74-68-28-23-54(50-18-9-13-46(3)35-50)39-62(68)63-40-55(24-29-69(63)74)51-19-10-14-47(4)36-51/h5-41,43H,1-4H3. The molecule has 0 unspecified atom stereocenters. The average Bonchev–Trinajstić information content (AvgIpc) is 3.94. The smallest absolute Gasteiger partial charge is 0.0998 e. The number of rotatable bonds is 8. The molecule has 13 rings (SSSR count). The molecule has 0 radical (unpaired) electrons. The number of pyridine rings is 1. The highest BCUT2D eigenvalue weighted by Gasteiger charge is 2.22. The second kappa shape index (κ2) is 17.9. The third-order valence-electron chi connectivity index (χ3n) is 14.9.